The van der Waals surface area contributed by atoms with Gasteiger partial charge in [0.2, 0.25) is 17.7 Å². The number of pyridine rings is 1. The fourth-order valence-corrected chi connectivity index (χ4v) is 3.60. The number of carbonyl (C=O) groups is 3. The molecule has 1 aliphatic heterocycles. The number of anilines is 1. The van der Waals surface area contributed by atoms with E-state index >= 15 is 0 Å². The Morgan fingerprint density at radius 3 is 2.59 bits per heavy atom. The summed E-state index contributed by atoms with van der Waals surface area (Å²) in [6.45, 7) is 0. The first kappa shape index (κ1) is 17.0. The second-order valence-corrected chi connectivity index (χ2v) is 6.91. The van der Waals surface area contributed by atoms with Crippen LogP contribution in [0.4, 0.5) is 5.69 Å². The fourth-order valence-electron chi connectivity index (χ4n) is 2.66. The first-order valence-corrected chi connectivity index (χ1v) is 9.08. The second-order valence-electron chi connectivity index (χ2n) is 5.88. The van der Waals surface area contributed by atoms with E-state index in [1.54, 1.807) is 29.7 Å². The molecule has 3 heterocycles. The minimum Gasteiger partial charge on any atom is -0.321 e. The third-order valence-electron chi connectivity index (χ3n) is 4.01. The topological polar surface area (TPSA) is 92.3 Å². The molecule has 1 aliphatic rings. The van der Waals surface area contributed by atoms with Gasteiger partial charge in [0.25, 0.3) is 0 Å². The van der Waals surface area contributed by atoms with Gasteiger partial charge in [-0.25, -0.2) is 4.98 Å². The van der Waals surface area contributed by atoms with Crippen LogP contribution >= 0.6 is 11.3 Å². The van der Waals surface area contributed by atoms with Gasteiger partial charge in [0.05, 0.1) is 27.8 Å². The molecule has 134 valence electrons. The monoisotopic (exact) mass is 378 g/mol. The lowest BCUT2D eigenvalue weighted by molar-refractivity contribution is -0.135. The van der Waals surface area contributed by atoms with Gasteiger partial charge in [-0.15, -0.1) is 11.3 Å². The van der Waals surface area contributed by atoms with Crippen molar-refractivity contribution in [3.63, 3.8) is 0 Å². The Bertz CT molecular complexity index is 1020. The number of carbonyl (C=O) groups excluding carboxylic acids is 3. The highest BCUT2D eigenvalue weighted by molar-refractivity contribution is 7.21. The molecule has 0 radical (unpaired) electrons. The maximum Gasteiger partial charge on any atom is 0.249 e. The van der Waals surface area contributed by atoms with Gasteiger partial charge in [-0.2, -0.15) is 0 Å². The maximum atomic E-state index is 12.0. The van der Waals surface area contributed by atoms with Crippen molar-refractivity contribution >= 4 is 45.0 Å². The molecule has 0 saturated carbocycles. The summed E-state index contributed by atoms with van der Waals surface area (Å²) in [7, 11) is 0. The summed E-state index contributed by atoms with van der Waals surface area (Å²) < 4.78 is 1.09. The molecule has 0 unspecified atom stereocenters. The smallest absolute Gasteiger partial charge is 0.249 e. The molecule has 0 atom stereocenters. The van der Waals surface area contributed by atoms with E-state index in [2.05, 4.69) is 15.3 Å². The zero-order valence-electron chi connectivity index (χ0n) is 14.1. The predicted octanol–water partition coefficient (Wildman–Crippen LogP) is 2.96. The number of fused-ring (bicyclic) bond motifs is 1. The van der Waals surface area contributed by atoms with Gasteiger partial charge in [0.15, 0.2) is 0 Å². The van der Waals surface area contributed by atoms with E-state index in [4.69, 9.17) is 0 Å². The summed E-state index contributed by atoms with van der Waals surface area (Å²) in [6, 6.07) is 11.4. The quantitative estimate of drug-likeness (QED) is 0.557. The highest BCUT2D eigenvalue weighted by Gasteiger charge is 2.26. The minimum absolute atomic E-state index is 0.182. The van der Waals surface area contributed by atoms with Gasteiger partial charge in [0.1, 0.15) is 5.01 Å². The van der Waals surface area contributed by atoms with E-state index in [9.17, 15) is 14.4 Å². The van der Waals surface area contributed by atoms with Gasteiger partial charge >= 0.3 is 0 Å². The SMILES string of the molecule is O=C(C=CN1C(=O)CCC1=O)Nc1ccc(-c2nc3ccccc3s2)nc1. The number of benzene rings is 1. The van der Waals surface area contributed by atoms with Crippen molar-refractivity contribution < 1.29 is 14.4 Å². The van der Waals surface area contributed by atoms with Crippen molar-refractivity contribution in [2.24, 2.45) is 0 Å². The molecule has 4 rings (SSSR count). The fraction of sp³-hybridized carbons (Fsp3) is 0.105. The van der Waals surface area contributed by atoms with Gasteiger partial charge in [-0.1, -0.05) is 12.1 Å². The number of hydrogen-bond acceptors (Lipinski definition) is 6. The molecule has 3 aromatic rings. The molecule has 2 aromatic heterocycles. The Morgan fingerprint density at radius 1 is 1.11 bits per heavy atom. The van der Waals surface area contributed by atoms with Crippen LogP contribution in [0.1, 0.15) is 12.8 Å². The van der Waals surface area contributed by atoms with E-state index in [0.717, 1.165) is 31.9 Å². The van der Waals surface area contributed by atoms with Crippen LogP contribution in [-0.4, -0.2) is 32.6 Å². The van der Waals surface area contributed by atoms with E-state index in [1.165, 1.54) is 6.20 Å². The van der Waals surface area contributed by atoms with E-state index in [1.807, 2.05) is 24.3 Å². The molecule has 0 aliphatic carbocycles. The van der Waals surface area contributed by atoms with E-state index in [0.29, 0.717) is 5.69 Å². The molecule has 1 N–H and O–H groups in total. The van der Waals surface area contributed by atoms with Crippen LogP contribution in [0.5, 0.6) is 0 Å². The molecule has 7 nitrogen and oxygen atoms in total. The number of thiazole rings is 1. The van der Waals surface area contributed by atoms with Gasteiger partial charge < -0.3 is 5.32 Å². The van der Waals surface area contributed by atoms with Gasteiger partial charge in [-0.05, 0) is 24.3 Å². The third-order valence-corrected chi connectivity index (χ3v) is 5.07. The molecule has 1 fully saturated rings. The van der Waals surface area contributed by atoms with Crippen LogP contribution in [-0.2, 0) is 14.4 Å². The number of aromatic nitrogens is 2. The Balaban J connectivity index is 1.43. The number of nitrogens with zero attached hydrogens (tertiary/aromatic N) is 3. The van der Waals surface area contributed by atoms with E-state index in [-0.39, 0.29) is 24.7 Å². The maximum absolute atomic E-state index is 12.0. The highest BCUT2D eigenvalue weighted by Crippen LogP contribution is 2.29. The lowest BCUT2D eigenvalue weighted by Crippen LogP contribution is -2.23. The van der Waals surface area contributed by atoms with Crippen LogP contribution in [0.2, 0.25) is 0 Å². The number of likely N-dealkylation sites (tertiary alicyclic amines) is 1. The second kappa shape index (κ2) is 7.08. The van der Waals surface area contributed by atoms with Crippen LogP contribution in [0.3, 0.4) is 0 Å². The van der Waals surface area contributed by atoms with Crippen LogP contribution in [0, 0.1) is 0 Å². The van der Waals surface area contributed by atoms with E-state index < -0.39 is 5.91 Å². The summed E-state index contributed by atoms with van der Waals surface area (Å²) in [5.41, 5.74) is 2.15. The average molecular weight is 378 g/mol. The zero-order valence-corrected chi connectivity index (χ0v) is 14.9. The van der Waals surface area contributed by atoms with Crippen molar-refractivity contribution in [2.75, 3.05) is 5.32 Å². The van der Waals surface area contributed by atoms with Crippen molar-refractivity contribution in [2.45, 2.75) is 12.8 Å². The van der Waals surface area contributed by atoms with Crippen LogP contribution in [0.15, 0.2) is 54.9 Å². The first-order valence-electron chi connectivity index (χ1n) is 8.26. The third kappa shape index (κ3) is 3.61. The molecule has 1 saturated heterocycles. The van der Waals surface area contributed by atoms with Crippen molar-refractivity contribution in [1.29, 1.82) is 0 Å². The lowest BCUT2D eigenvalue weighted by atomic mass is 10.3. The van der Waals surface area contributed by atoms with Crippen LogP contribution in [0.25, 0.3) is 20.9 Å². The summed E-state index contributed by atoms with van der Waals surface area (Å²) in [5, 5.41) is 3.45. The lowest BCUT2D eigenvalue weighted by Gasteiger charge is -2.06. The standard InChI is InChI=1S/C19H14N4O3S/c24-16(9-10-23-17(25)7-8-18(23)26)21-12-5-6-14(20-11-12)19-22-13-3-1-2-4-15(13)27-19/h1-6,9-11H,7-8H2,(H,21,24). The van der Waals surface area contributed by atoms with Gasteiger partial charge in [0, 0.05) is 25.1 Å². The summed E-state index contributed by atoms with van der Waals surface area (Å²) in [6.07, 6.45) is 4.27. The minimum atomic E-state index is -0.447. The molecule has 3 amide bonds. The average Bonchev–Trinajstić information content (AvgIpc) is 3.24. The number of para-hydroxylation sites is 1. The summed E-state index contributed by atoms with van der Waals surface area (Å²) in [4.78, 5) is 44.8. The van der Waals surface area contributed by atoms with Gasteiger partial charge in [-0.3, -0.25) is 24.3 Å². The Hall–Kier alpha value is -3.39. The molecule has 27 heavy (non-hydrogen) atoms. The number of amides is 3. The number of imide groups is 1. The predicted molar refractivity (Wildman–Crippen MR) is 102 cm³/mol. The van der Waals surface area contributed by atoms with Crippen molar-refractivity contribution in [1.82, 2.24) is 14.9 Å². The van der Waals surface area contributed by atoms with Crippen LogP contribution < -0.4 is 5.32 Å². The molecule has 8 heteroatoms. The Kier molecular flexibility index (Phi) is 4.47. The highest BCUT2D eigenvalue weighted by atomic mass is 32.1. The van der Waals surface area contributed by atoms with Crippen molar-refractivity contribution in [3.8, 4) is 10.7 Å². The molecule has 1 aromatic carbocycles. The van der Waals surface area contributed by atoms with Crippen molar-refractivity contribution in [3.05, 3.63) is 54.9 Å². The molecular formula is C19H14N4O3S. The first-order chi connectivity index (χ1) is 13.1. The molecule has 0 spiro atoms. The Morgan fingerprint density at radius 2 is 1.89 bits per heavy atom. The molecular weight excluding hydrogens is 364 g/mol. The zero-order chi connectivity index (χ0) is 18.8. The number of rotatable bonds is 4. The molecule has 0 bridgehead atoms. The number of hydrogen-bond donors (Lipinski definition) is 1. The normalized spacial score (nSPS) is 14.4. The Labute approximate surface area is 158 Å². The number of nitrogens with one attached hydrogen (secondary N) is 1. The summed E-state index contributed by atoms with van der Waals surface area (Å²) >= 11 is 1.55. The summed E-state index contributed by atoms with van der Waals surface area (Å²) in [5.74, 6) is -1.05. The largest absolute Gasteiger partial charge is 0.321 e.